The van der Waals surface area contributed by atoms with E-state index in [4.69, 9.17) is 9.97 Å². The number of para-hydroxylation sites is 4. The molecule has 0 N–H and O–H groups in total. The molecule has 0 aliphatic carbocycles. The van der Waals surface area contributed by atoms with Gasteiger partial charge in [0.15, 0.2) is 0 Å². The number of aromatic nitrogens is 5. The van der Waals surface area contributed by atoms with Gasteiger partial charge in [-0.25, -0.2) is 9.97 Å². The summed E-state index contributed by atoms with van der Waals surface area (Å²) in [7, 11) is 0. The fourth-order valence-corrected chi connectivity index (χ4v) is 6.34. The van der Waals surface area contributed by atoms with Crippen LogP contribution in [0.15, 0.2) is 128 Å². The molecular formula is C35H21N5. The molecule has 5 aromatic heterocycles. The molecule has 0 fully saturated rings. The Balaban J connectivity index is 1.51. The maximum atomic E-state index is 5.14. The van der Waals surface area contributed by atoms with Crippen LogP contribution in [0.1, 0.15) is 0 Å². The third-order valence-electron chi connectivity index (χ3n) is 8.02. The maximum Gasteiger partial charge on any atom is 0.146 e. The fraction of sp³-hybridized carbons (Fsp3) is 0. The molecule has 186 valence electrons. The Hall–Kier alpha value is -5.55. The summed E-state index contributed by atoms with van der Waals surface area (Å²) in [4.78, 5) is 14.4. The van der Waals surface area contributed by atoms with Crippen LogP contribution in [0.2, 0.25) is 0 Å². The number of rotatable bonds is 2. The van der Waals surface area contributed by atoms with Gasteiger partial charge in [-0.05, 0) is 54.1 Å². The predicted molar refractivity (Wildman–Crippen MR) is 163 cm³/mol. The second-order valence-electron chi connectivity index (χ2n) is 10.2. The minimum absolute atomic E-state index is 0.873. The van der Waals surface area contributed by atoms with Crippen LogP contribution in [0.4, 0.5) is 0 Å². The fourth-order valence-electron chi connectivity index (χ4n) is 6.34. The second-order valence-corrected chi connectivity index (χ2v) is 10.2. The minimum Gasteiger partial charge on any atom is -0.293 e. The normalized spacial score (nSPS) is 12.0. The molecule has 0 aliphatic rings. The van der Waals surface area contributed by atoms with Crippen molar-refractivity contribution in [3.8, 4) is 16.9 Å². The van der Waals surface area contributed by atoms with E-state index in [9.17, 15) is 0 Å². The molecule has 0 amide bonds. The smallest absolute Gasteiger partial charge is 0.146 e. The van der Waals surface area contributed by atoms with Gasteiger partial charge in [-0.15, -0.1) is 0 Å². The van der Waals surface area contributed by atoms with E-state index in [1.807, 2.05) is 24.5 Å². The van der Waals surface area contributed by atoms with Crippen LogP contribution in [0.3, 0.4) is 0 Å². The lowest BCUT2D eigenvalue weighted by Gasteiger charge is -2.13. The van der Waals surface area contributed by atoms with E-state index in [2.05, 4.69) is 111 Å². The number of benzene rings is 4. The maximum absolute atomic E-state index is 5.14. The first kappa shape index (κ1) is 21.4. The Kier molecular flexibility index (Phi) is 4.27. The standard InChI is InChI=1S/C35H21N5/c1-4-12-29-24(9-1)25-15-16-27-33(34(25)40(29)32-20-22(17-19-37-32)23-8-7-18-36-21-23)26-10-2-5-13-30(26)39-31-14-6-3-11-28(31)38-35(27)39/h1-21H. The van der Waals surface area contributed by atoms with Crippen molar-refractivity contribution < 1.29 is 0 Å². The number of imidazole rings is 1. The number of hydrogen-bond acceptors (Lipinski definition) is 3. The van der Waals surface area contributed by atoms with Gasteiger partial charge in [0, 0.05) is 51.1 Å². The third kappa shape index (κ3) is 2.83. The van der Waals surface area contributed by atoms with Gasteiger partial charge in [0.05, 0.1) is 27.6 Å². The number of fused-ring (bicyclic) bond motifs is 12. The van der Waals surface area contributed by atoms with Gasteiger partial charge in [-0.3, -0.25) is 14.0 Å². The quantitative estimate of drug-likeness (QED) is 0.219. The van der Waals surface area contributed by atoms with E-state index in [0.29, 0.717) is 0 Å². The number of nitrogens with zero attached hydrogens (tertiary/aromatic N) is 5. The lowest BCUT2D eigenvalue weighted by molar-refractivity contribution is 1.08. The van der Waals surface area contributed by atoms with Crippen LogP contribution < -0.4 is 0 Å². The summed E-state index contributed by atoms with van der Waals surface area (Å²) >= 11 is 0. The molecule has 5 nitrogen and oxygen atoms in total. The Morgan fingerprint density at radius 3 is 2.20 bits per heavy atom. The Labute approximate surface area is 228 Å². The monoisotopic (exact) mass is 511 g/mol. The molecule has 0 atom stereocenters. The Morgan fingerprint density at radius 2 is 1.32 bits per heavy atom. The van der Waals surface area contributed by atoms with Crippen molar-refractivity contribution in [2.24, 2.45) is 0 Å². The minimum atomic E-state index is 0.873. The predicted octanol–water partition coefficient (Wildman–Crippen LogP) is 8.35. The van der Waals surface area contributed by atoms with Crippen LogP contribution in [-0.4, -0.2) is 23.9 Å². The van der Waals surface area contributed by atoms with Crippen molar-refractivity contribution in [1.29, 1.82) is 0 Å². The summed E-state index contributed by atoms with van der Waals surface area (Å²) in [6.07, 6.45) is 5.59. The van der Waals surface area contributed by atoms with Crippen molar-refractivity contribution >= 4 is 60.2 Å². The van der Waals surface area contributed by atoms with Crippen LogP contribution >= 0.6 is 0 Å². The SMILES string of the molecule is c1cncc(-c2ccnc(-n3c4ccccc4c4ccc5c(c6ccccc6n6c7ccccc7nc56)c43)c2)c1. The second kappa shape index (κ2) is 7.98. The summed E-state index contributed by atoms with van der Waals surface area (Å²) in [5.41, 5.74) is 8.61. The van der Waals surface area contributed by atoms with Gasteiger partial charge in [0.25, 0.3) is 0 Å². The summed E-state index contributed by atoms with van der Waals surface area (Å²) in [5.74, 6) is 0.873. The van der Waals surface area contributed by atoms with Gasteiger partial charge < -0.3 is 0 Å². The molecular weight excluding hydrogens is 490 g/mol. The zero-order valence-electron chi connectivity index (χ0n) is 21.4. The molecule has 4 aromatic carbocycles. The summed E-state index contributed by atoms with van der Waals surface area (Å²) in [6, 6.07) is 38.4. The third-order valence-corrected chi connectivity index (χ3v) is 8.02. The van der Waals surface area contributed by atoms with Crippen molar-refractivity contribution in [1.82, 2.24) is 23.9 Å². The van der Waals surface area contributed by atoms with Crippen molar-refractivity contribution in [2.45, 2.75) is 0 Å². The highest BCUT2D eigenvalue weighted by atomic mass is 15.1. The van der Waals surface area contributed by atoms with E-state index < -0.39 is 0 Å². The number of hydrogen-bond donors (Lipinski definition) is 0. The largest absolute Gasteiger partial charge is 0.293 e. The zero-order valence-corrected chi connectivity index (χ0v) is 21.4. The van der Waals surface area contributed by atoms with Crippen LogP contribution in [0, 0.1) is 0 Å². The van der Waals surface area contributed by atoms with Crippen molar-refractivity contribution in [3.05, 3.63) is 128 Å². The highest BCUT2D eigenvalue weighted by Crippen LogP contribution is 2.41. The van der Waals surface area contributed by atoms with Crippen molar-refractivity contribution in [3.63, 3.8) is 0 Å². The average molecular weight is 512 g/mol. The molecule has 5 heterocycles. The topological polar surface area (TPSA) is 48.0 Å². The summed E-state index contributed by atoms with van der Waals surface area (Å²) in [5, 5.41) is 5.88. The molecule has 0 saturated heterocycles. The van der Waals surface area contributed by atoms with E-state index in [1.54, 1.807) is 6.20 Å². The van der Waals surface area contributed by atoms with Gasteiger partial charge in [-0.2, -0.15) is 0 Å². The van der Waals surface area contributed by atoms with Crippen LogP contribution in [0.25, 0.3) is 77.1 Å². The molecule has 0 unspecified atom stereocenters. The Bertz CT molecular complexity index is 2430. The number of pyridine rings is 3. The molecule has 9 aromatic rings. The molecule has 5 heteroatoms. The van der Waals surface area contributed by atoms with Crippen LogP contribution in [-0.2, 0) is 0 Å². The van der Waals surface area contributed by atoms with Crippen LogP contribution in [0.5, 0.6) is 0 Å². The summed E-state index contributed by atoms with van der Waals surface area (Å²) in [6.45, 7) is 0. The summed E-state index contributed by atoms with van der Waals surface area (Å²) < 4.78 is 4.62. The highest BCUT2D eigenvalue weighted by molar-refractivity contribution is 6.27. The van der Waals surface area contributed by atoms with Gasteiger partial charge in [0.1, 0.15) is 11.5 Å². The van der Waals surface area contributed by atoms with Gasteiger partial charge in [0.2, 0.25) is 0 Å². The van der Waals surface area contributed by atoms with E-state index in [1.165, 1.54) is 21.5 Å². The zero-order chi connectivity index (χ0) is 26.2. The Morgan fingerprint density at radius 1 is 0.550 bits per heavy atom. The highest BCUT2D eigenvalue weighted by Gasteiger charge is 2.21. The molecule has 0 aliphatic heterocycles. The van der Waals surface area contributed by atoms with Gasteiger partial charge >= 0.3 is 0 Å². The van der Waals surface area contributed by atoms with Gasteiger partial charge in [-0.1, -0.05) is 60.7 Å². The van der Waals surface area contributed by atoms with E-state index in [0.717, 1.165) is 55.6 Å². The molecule has 0 saturated carbocycles. The van der Waals surface area contributed by atoms with Crippen molar-refractivity contribution in [2.75, 3.05) is 0 Å². The van der Waals surface area contributed by atoms with E-state index >= 15 is 0 Å². The lowest BCUT2D eigenvalue weighted by atomic mass is 10.0. The molecule has 0 radical (unpaired) electrons. The first-order valence-corrected chi connectivity index (χ1v) is 13.4. The van der Waals surface area contributed by atoms with E-state index in [-0.39, 0.29) is 0 Å². The first-order valence-electron chi connectivity index (χ1n) is 13.4. The molecule has 0 bridgehead atoms. The molecule has 0 spiro atoms. The lowest BCUT2D eigenvalue weighted by Crippen LogP contribution is -1.99. The molecule has 40 heavy (non-hydrogen) atoms. The average Bonchev–Trinajstić information content (AvgIpc) is 3.58. The first-order chi connectivity index (χ1) is 19.9. The molecule has 9 rings (SSSR count).